The molecule has 31 heavy (non-hydrogen) atoms. The molecule has 3 aliphatic carbocycles. The van der Waals surface area contributed by atoms with Crippen molar-refractivity contribution >= 4 is 28.8 Å². The molecule has 10 nitrogen and oxygen atoms in total. The number of nitrogens with zero attached hydrogens (tertiary/aromatic N) is 3. The summed E-state index contributed by atoms with van der Waals surface area (Å²) in [7, 11) is 3.62. The molecule has 0 heterocycles. The van der Waals surface area contributed by atoms with Crippen LogP contribution in [0.4, 0.5) is 11.4 Å². The molecule has 0 fully saturated rings. The van der Waals surface area contributed by atoms with Gasteiger partial charge in [0.05, 0.1) is 11.5 Å². The maximum absolute atomic E-state index is 13.5. The van der Waals surface area contributed by atoms with Crippen LogP contribution in [0.3, 0.4) is 0 Å². The first-order valence-corrected chi connectivity index (χ1v) is 9.76. The Morgan fingerprint density at radius 1 is 1.16 bits per heavy atom. The quantitative estimate of drug-likeness (QED) is 0.554. The second-order valence-electron chi connectivity index (χ2n) is 8.29. The number of nitroso groups, excluding NO2 is 2. The minimum absolute atomic E-state index is 0.0189. The third-order valence-electron chi connectivity index (χ3n) is 6.42. The van der Waals surface area contributed by atoms with Gasteiger partial charge in [-0.25, -0.2) is 0 Å². The number of carbonyl (C=O) groups excluding carboxylic acids is 3. The number of primary amides is 1. The van der Waals surface area contributed by atoms with Gasteiger partial charge in [0.2, 0.25) is 0 Å². The average Bonchev–Trinajstić information content (AvgIpc) is 2.70. The lowest BCUT2D eigenvalue weighted by atomic mass is 9.62. The first-order valence-electron chi connectivity index (χ1n) is 9.76. The number of hydrogen-bond acceptors (Lipinski definition) is 9. The normalized spacial score (nSPS) is 24.9. The Labute approximate surface area is 176 Å². The number of nitrogens with two attached hydrogens (primary N) is 1. The van der Waals surface area contributed by atoms with Gasteiger partial charge in [-0.1, -0.05) is 0 Å². The Morgan fingerprint density at radius 2 is 1.87 bits per heavy atom. The lowest BCUT2D eigenvalue weighted by Crippen LogP contribution is -2.43. The van der Waals surface area contributed by atoms with E-state index < -0.39 is 46.6 Å². The third-order valence-corrected chi connectivity index (χ3v) is 6.42. The van der Waals surface area contributed by atoms with E-state index in [1.54, 1.807) is 6.07 Å². The lowest BCUT2D eigenvalue weighted by Gasteiger charge is -2.41. The molecule has 0 spiro atoms. The molecule has 1 aromatic carbocycles. The van der Waals surface area contributed by atoms with Gasteiger partial charge in [0.15, 0.2) is 11.6 Å². The molecule has 3 unspecified atom stereocenters. The van der Waals surface area contributed by atoms with E-state index in [1.165, 1.54) is 6.07 Å². The number of fused-ring (bicyclic) bond motifs is 3. The van der Waals surface area contributed by atoms with E-state index in [2.05, 4.69) is 10.4 Å². The fourth-order valence-corrected chi connectivity index (χ4v) is 5.22. The van der Waals surface area contributed by atoms with Gasteiger partial charge in [-0.05, 0) is 52.7 Å². The number of amides is 1. The van der Waals surface area contributed by atoms with Gasteiger partial charge in [0, 0.05) is 31.8 Å². The van der Waals surface area contributed by atoms with Crippen LogP contribution in [0.25, 0.3) is 0 Å². The summed E-state index contributed by atoms with van der Waals surface area (Å²) in [6.07, 6.45) is 0.656. The van der Waals surface area contributed by atoms with Crippen LogP contribution in [0.1, 0.15) is 28.8 Å². The van der Waals surface area contributed by atoms with E-state index in [0.717, 1.165) is 5.69 Å². The number of hydrogen-bond donors (Lipinski definition) is 2. The van der Waals surface area contributed by atoms with Crippen molar-refractivity contribution in [1.29, 1.82) is 0 Å². The van der Waals surface area contributed by atoms with Crippen molar-refractivity contribution in [2.75, 3.05) is 19.0 Å². The fraction of sp³-hybridized carbons (Fsp3) is 0.381. The molecule has 4 rings (SSSR count). The van der Waals surface area contributed by atoms with Crippen molar-refractivity contribution in [1.82, 2.24) is 0 Å². The molecule has 0 radical (unpaired) electrons. The standard InChI is InChI=1S/C21H20N4O6/c1-25(2)12-4-3-11(23-30)16-10(12)6-8-5-9-7-13(26)17(21(22)29)20(28)15(9)18(24-31)14(8)19(16)27/h3-4,8-9,15,26H,5-7H2,1-2H3,(H2,22,29). The molecule has 3 atom stereocenters. The lowest BCUT2D eigenvalue weighted by molar-refractivity contribution is -0.125. The van der Waals surface area contributed by atoms with Crippen LogP contribution in [-0.2, 0) is 16.0 Å². The van der Waals surface area contributed by atoms with Crippen molar-refractivity contribution in [3.63, 3.8) is 0 Å². The van der Waals surface area contributed by atoms with E-state index in [4.69, 9.17) is 5.73 Å². The Hall–Kier alpha value is -3.69. The minimum atomic E-state index is -1.14. The van der Waals surface area contributed by atoms with Gasteiger partial charge in [0.25, 0.3) is 5.91 Å². The number of carbonyl (C=O) groups is 3. The first kappa shape index (κ1) is 20.6. The second-order valence-corrected chi connectivity index (χ2v) is 8.29. The van der Waals surface area contributed by atoms with Crippen molar-refractivity contribution < 1.29 is 19.5 Å². The maximum Gasteiger partial charge on any atom is 0.255 e. The molecule has 3 N–H and O–H groups in total. The molecule has 3 aliphatic rings. The number of anilines is 1. The number of aliphatic hydroxyl groups excluding tert-OH is 1. The van der Waals surface area contributed by atoms with Crippen molar-refractivity contribution in [3.8, 4) is 0 Å². The number of benzene rings is 1. The zero-order valence-electron chi connectivity index (χ0n) is 16.9. The minimum Gasteiger partial charge on any atom is -0.511 e. The monoisotopic (exact) mass is 424 g/mol. The summed E-state index contributed by atoms with van der Waals surface area (Å²) in [6, 6.07) is 3.15. The molecule has 10 heteroatoms. The van der Waals surface area contributed by atoms with Crippen LogP contribution in [0, 0.1) is 27.6 Å². The third kappa shape index (κ3) is 2.89. The highest BCUT2D eigenvalue weighted by atomic mass is 16.3. The Bertz CT molecular complexity index is 1130. The highest BCUT2D eigenvalue weighted by Gasteiger charge is 2.50. The summed E-state index contributed by atoms with van der Waals surface area (Å²) < 4.78 is 0. The van der Waals surface area contributed by atoms with E-state index in [-0.39, 0.29) is 28.9 Å². The zero-order chi connectivity index (χ0) is 22.6. The number of aliphatic hydroxyl groups is 1. The van der Waals surface area contributed by atoms with Gasteiger partial charge in [-0.3, -0.25) is 14.4 Å². The molecule has 1 amide bonds. The van der Waals surface area contributed by atoms with Crippen LogP contribution in [0.5, 0.6) is 0 Å². The molecule has 0 aliphatic heterocycles. The number of Topliss-reactive ketones (excluding diaryl/α,β-unsaturated/α-hetero) is 2. The predicted octanol–water partition coefficient (Wildman–Crippen LogP) is 2.43. The number of allylic oxidation sites excluding steroid dienone is 3. The SMILES string of the molecule is CN(C)c1ccc(N=O)c2c1CC1CC3CC(O)=C(C(N)=O)C(=O)C3C(N=O)=C1C2=O. The van der Waals surface area contributed by atoms with E-state index >= 15 is 0 Å². The van der Waals surface area contributed by atoms with Crippen LogP contribution >= 0.6 is 0 Å². The first-order chi connectivity index (χ1) is 14.7. The molecule has 160 valence electrons. The van der Waals surface area contributed by atoms with E-state index in [1.807, 2.05) is 19.0 Å². The van der Waals surface area contributed by atoms with Crippen molar-refractivity contribution in [2.24, 2.45) is 33.8 Å². The zero-order valence-corrected chi connectivity index (χ0v) is 16.9. The molecule has 0 aromatic heterocycles. The van der Waals surface area contributed by atoms with Crippen molar-refractivity contribution in [2.45, 2.75) is 19.3 Å². The Kier molecular flexibility index (Phi) is 4.79. The van der Waals surface area contributed by atoms with Crippen LogP contribution < -0.4 is 10.6 Å². The second kappa shape index (κ2) is 7.22. The highest BCUT2D eigenvalue weighted by molar-refractivity contribution is 6.22. The summed E-state index contributed by atoms with van der Waals surface area (Å²) in [5, 5.41) is 16.2. The van der Waals surface area contributed by atoms with Crippen LogP contribution in [0.2, 0.25) is 0 Å². The molecule has 1 aromatic rings. The Morgan fingerprint density at radius 3 is 2.45 bits per heavy atom. The van der Waals surface area contributed by atoms with Gasteiger partial charge in [-0.2, -0.15) is 0 Å². The molecule has 0 saturated carbocycles. The van der Waals surface area contributed by atoms with Gasteiger partial charge in [0.1, 0.15) is 22.7 Å². The number of rotatable bonds is 4. The summed E-state index contributed by atoms with van der Waals surface area (Å²) in [5.41, 5.74) is 5.95. The molecule has 0 saturated heterocycles. The van der Waals surface area contributed by atoms with Crippen LogP contribution in [0.15, 0.2) is 45.1 Å². The smallest absolute Gasteiger partial charge is 0.255 e. The molecule has 0 bridgehead atoms. The summed E-state index contributed by atoms with van der Waals surface area (Å²) in [6.45, 7) is 0. The average molecular weight is 424 g/mol. The van der Waals surface area contributed by atoms with Gasteiger partial charge in [-0.15, -0.1) is 9.81 Å². The topological polar surface area (TPSA) is 160 Å². The van der Waals surface area contributed by atoms with Gasteiger partial charge >= 0.3 is 0 Å². The predicted molar refractivity (Wildman–Crippen MR) is 111 cm³/mol. The highest BCUT2D eigenvalue weighted by Crippen LogP contribution is 2.51. The maximum atomic E-state index is 13.5. The van der Waals surface area contributed by atoms with Crippen LogP contribution in [-0.4, -0.2) is 36.7 Å². The fourth-order valence-electron chi connectivity index (χ4n) is 5.22. The van der Waals surface area contributed by atoms with Gasteiger partial charge < -0.3 is 15.7 Å². The largest absolute Gasteiger partial charge is 0.511 e. The summed E-state index contributed by atoms with van der Waals surface area (Å²) >= 11 is 0. The van der Waals surface area contributed by atoms with Crippen molar-refractivity contribution in [3.05, 3.63) is 55.7 Å². The molecular formula is C21H20N4O6. The summed E-state index contributed by atoms with van der Waals surface area (Å²) in [5.74, 6) is -4.94. The molecular weight excluding hydrogens is 404 g/mol. The Balaban J connectivity index is 1.93. The van der Waals surface area contributed by atoms with E-state index in [0.29, 0.717) is 18.4 Å². The van der Waals surface area contributed by atoms with E-state index in [9.17, 15) is 29.3 Å². The number of ketones is 2. The summed E-state index contributed by atoms with van der Waals surface area (Å²) in [4.78, 5) is 63.2.